The highest BCUT2D eigenvalue weighted by molar-refractivity contribution is 5.56. The van der Waals surface area contributed by atoms with Crippen LogP contribution in [0.1, 0.15) is 38.3 Å². The summed E-state index contributed by atoms with van der Waals surface area (Å²) in [6, 6.07) is 5.86. The van der Waals surface area contributed by atoms with E-state index in [1.807, 2.05) is 6.07 Å². The van der Waals surface area contributed by atoms with Crippen LogP contribution in [0.5, 0.6) is 0 Å². The second-order valence-electron chi connectivity index (χ2n) is 5.40. The van der Waals surface area contributed by atoms with E-state index >= 15 is 0 Å². The van der Waals surface area contributed by atoms with Crippen LogP contribution in [0.25, 0.3) is 0 Å². The average molecular weight is 280 g/mol. The Balaban J connectivity index is 2.27. The summed E-state index contributed by atoms with van der Waals surface area (Å²) in [6.45, 7) is 6.59. The fourth-order valence-electron chi connectivity index (χ4n) is 2.63. The van der Waals surface area contributed by atoms with E-state index in [-0.39, 0.29) is 11.9 Å². The lowest BCUT2D eigenvalue weighted by Crippen LogP contribution is -2.31. The van der Waals surface area contributed by atoms with Gasteiger partial charge in [0, 0.05) is 31.4 Å². The van der Waals surface area contributed by atoms with Crippen LogP contribution in [0.3, 0.4) is 0 Å². The number of ether oxygens (including phenoxy) is 1. The van der Waals surface area contributed by atoms with E-state index in [2.05, 4.69) is 24.1 Å². The molecular weight excluding hydrogens is 255 g/mol. The molecule has 112 valence electrons. The number of hydrogen-bond acceptors (Lipinski definition) is 3. The van der Waals surface area contributed by atoms with Gasteiger partial charge in [-0.15, -0.1) is 0 Å². The smallest absolute Gasteiger partial charge is 0.123 e. The minimum atomic E-state index is -0.170. The number of hydrogen-bond donors (Lipinski definition) is 1. The van der Waals surface area contributed by atoms with Crippen LogP contribution < -0.4 is 10.2 Å². The standard InChI is InChI=1S/C16H25FN2O/c1-4-18-12(2)15-11-13(17)5-8-16(15)19(9-10-20-3)14-6-7-14/h5,8,11-12,14,18H,4,6-7,9-10H2,1-3H3. The Morgan fingerprint density at radius 2 is 2.20 bits per heavy atom. The highest BCUT2D eigenvalue weighted by Gasteiger charge is 2.30. The van der Waals surface area contributed by atoms with Gasteiger partial charge in [0.1, 0.15) is 5.82 Å². The first-order chi connectivity index (χ1) is 9.67. The molecule has 1 aliphatic carbocycles. The number of halogens is 1. The van der Waals surface area contributed by atoms with E-state index in [0.29, 0.717) is 12.6 Å². The fraction of sp³-hybridized carbons (Fsp3) is 0.625. The van der Waals surface area contributed by atoms with Crippen LogP contribution >= 0.6 is 0 Å². The molecule has 0 aromatic heterocycles. The molecule has 20 heavy (non-hydrogen) atoms. The summed E-state index contributed by atoms with van der Waals surface area (Å²) < 4.78 is 18.8. The van der Waals surface area contributed by atoms with Gasteiger partial charge in [0.25, 0.3) is 0 Å². The summed E-state index contributed by atoms with van der Waals surface area (Å²) in [4.78, 5) is 2.37. The summed E-state index contributed by atoms with van der Waals surface area (Å²) in [6.07, 6.45) is 2.44. The summed E-state index contributed by atoms with van der Waals surface area (Å²) in [5.74, 6) is -0.170. The summed E-state index contributed by atoms with van der Waals surface area (Å²) >= 11 is 0. The molecule has 1 aromatic rings. The lowest BCUT2D eigenvalue weighted by atomic mass is 10.0. The van der Waals surface area contributed by atoms with Crippen molar-refractivity contribution in [2.45, 2.75) is 38.8 Å². The monoisotopic (exact) mass is 280 g/mol. The Morgan fingerprint density at radius 1 is 1.45 bits per heavy atom. The molecule has 0 aliphatic heterocycles. The maximum absolute atomic E-state index is 13.6. The zero-order valence-corrected chi connectivity index (χ0v) is 12.7. The molecule has 2 rings (SSSR count). The predicted molar refractivity (Wildman–Crippen MR) is 80.7 cm³/mol. The molecule has 0 saturated heterocycles. The third-order valence-electron chi connectivity index (χ3n) is 3.80. The summed E-state index contributed by atoms with van der Waals surface area (Å²) in [5, 5.41) is 3.38. The van der Waals surface area contributed by atoms with Gasteiger partial charge in [-0.3, -0.25) is 0 Å². The highest BCUT2D eigenvalue weighted by Crippen LogP contribution is 2.35. The van der Waals surface area contributed by atoms with E-state index in [1.54, 1.807) is 19.2 Å². The molecule has 3 nitrogen and oxygen atoms in total. The van der Waals surface area contributed by atoms with Gasteiger partial charge in [0.2, 0.25) is 0 Å². The van der Waals surface area contributed by atoms with Crippen molar-refractivity contribution in [3.8, 4) is 0 Å². The number of benzene rings is 1. The van der Waals surface area contributed by atoms with Gasteiger partial charge < -0.3 is 15.0 Å². The molecule has 0 bridgehead atoms. The van der Waals surface area contributed by atoms with Gasteiger partial charge in [-0.1, -0.05) is 6.92 Å². The number of nitrogens with zero attached hydrogens (tertiary/aromatic N) is 1. The lowest BCUT2D eigenvalue weighted by Gasteiger charge is -2.29. The van der Waals surface area contributed by atoms with Crippen molar-refractivity contribution in [1.82, 2.24) is 5.32 Å². The molecule has 0 spiro atoms. The minimum absolute atomic E-state index is 0.148. The molecule has 0 radical (unpaired) electrons. The average Bonchev–Trinajstić information content (AvgIpc) is 3.25. The van der Waals surface area contributed by atoms with E-state index in [9.17, 15) is 4.39 Å². The molecule has 0 heterocycles. The molecule has 1 N–H and O–H groups in total. The third kappa shape index (κ3) is 3.70. The second-order valence-corrected chi connectivity index (χ2v) is 5.40. The fourth-order valence-corrected chi connectivity index (χ4v) is 2.63. The quantitative estimate of drug-likeness (QED) is 0.792. The van der Waals surface area contributed by atoms with Crippen molar-refractivity contribution in [3.05, 3.63) is 29.6 Å². The minimum Gasteiger partial charge on any atom is -0.383 e. The molecule has 1 saturated carbocycles. The zero-order valence-electron chi connectivity index (χ0n) is 12.7. The predicted octanol–water partition coefficient (Wildman–Crippen LogP) is 3.11. The highest BCUT2D eigenvalue weighted by atomic mass is 19.1. The summed E-state index contributed by atoms with van der Waals surface area (Å²) in [7, 11) is 1.72. The van der Waals surface area contributed by atoms with Crippen LogP contribution in [-0.2, 0) is 4.74 Å². The Bertz CT molecular complexity index is 434. The number of anilines is 1. The van der Waals surface area contributed by atoms with Crippen molar-refractivity contribution >= 4 is 5.69 Å². The van der Waals surface area contributed by atoms with Crippen molar-refractivity contribution in [3.63, 3.8) is 0 Å². The van der Waals surface area contributed by atoms with Crippen LogP contribution in [0.2, 0.25) is 0 Å². The maximum Gasteiger partial charge on any atom is 0.123 e. The third-order valence-corrected chi connectivity index (χ3v) is 3.80. The van der Waals surface area contributed by atoms with E-state index in [0.717, 1.165) is 24.3 Å². The Labute approximate surface area is 121 Å². The Kier molecular flexibility index (Phi) is 5.38. The van der Waals surface area contributed by atoms with E-state index in [4.69, 9.17) is 4.74 Å². The molecule has 1 atom stereocenters. The van der Waals surface area contributed by atoms with Crippen LogP contribution in [0.15, 0.2) is 18.2 Å². The van der Waals surface area contributed by atoms with Crippen LogP contribution in [-0.4, -0.2) is 32.8 Å². The van der Waals surface area contributed by atoms with Crippen LogP contribution in [0.4, 0.5) is 10.1 Å². The number of nitrogens with one attached hydrogen (secondary N) is 1. The van der Waals surface area contributed by atoms with Crippen molar-refractivity contribution in [2.24, 2.45) is 0 Å². The maximum atomic E-state index is 13.6. The van der Waals surface area contributed by atoms with Crippen molar-refractivity contribution in [2.75, 3.05) is 31.7 Å². The lowest BCUT2D eigenvalue weighted by molar-refractivity contribution is 0.205. The first kappa shape index (κ1) is 15.3. The van der Waals surface area contributed by atoms with Crippen molar-refractivity contribution in [1.29, 1.82) is 0 Å². The van der Waals surface area contributed by atoms with E-state index in [1.165, 1.54) is 12.8 Å². The zero-order chi connectivity index (χ0) is 14.5. The number of rotatable bonds is 8. The molecule has 0 amide bonds. The van der Waals surface area contributed by atoms with Gasteiger partial charge in [-0.05, 0) is 50.1 Å². The largest absolute Gasteiger partial charge is 0.383 e. The molecule has 1 aromatic carbocycles. The Hall–Kier alpha value is -1.13. The normalized spacial score (nSPS) is 16.2. The second kappa shape index (κ2) is 7.04. The SMILES string of the molecule is CCNC(C)c1cc(F)ccc1N(CCOC)C1CC1. The molecular formula is C16H25FN2O. The van der Waals surface area contributed by atoms with E-state index < -0.39 is 0 Å². The van der Waals surface area contributed by atoms with Crippen molar-refractivity contribution < 1.29 is 9.13 Å². The Morgan fingerprint density at radius 3 is 2.80 bits per heavy atom. The topological polar surface area (TPSA) is 24.5 Å². The van der Waals surface area contributed by atoms with Gasteiger partial charge in [0.15, 0.2) is 0 Å². The van der Waals surface area contributed by atoms with Gasteiger partial charge >= 0.3 is 0 Å². The first-order valence-corrected chi connectivity index (χ1v) is 7.45. The molecule has 1 unspecified atom stereocenters. The van der Waals surface area contributed by atoms with Gasteiger partial charge in [-0.2, -0.15) is 0 Å². The first-order valence-electron chi connectivity index (χ1n) is 7.45. The van der Waals surface area contributed by atoms with Crippen LogP contribution in [0, 0.1) is 5.82 Å². The molecule has 1 aliphatic rings. The molecule has 4 heteroatoms. The molecule has 1 fully saturated rings. The van der Waals surface area contributed by atoms with Gasteiger partial charge in [-0.25, -0.2) is 4.39 Å². The van der Waals surface area contributed by atoms with Gasteiger partial charge in [0.05, 0.1) is 6.61 Å². The number of methoxy groups -OCH3 is 1. The summed E-state index contributed by atoms with van der Waals surface area (Å²) in [5.41, 5.74) is 2.18.